The van der Waals surface area contributed by atoms with Crippen molar-refractivity contribution in [1.82, 2.24) is 5.32 Å². The van der Waals surface area contributed by atoms with Crippen molar-refractivity contribution < 1.29 is 9.90 Å². The predicted octanol–water partition coefficient (Wildman–Crippen LogP) is 1.45. The summed E-state index contributed by atoms with van der Waals surface area (Å²) in [6.07, 6.45) is 0. The van der Waals surface area contributed by atoms with Crippen LogP contribution in [0.4, 0.5) is 11.4 Å². The summed E-state index contributed by atoms with van der Waals surface area (Å²) in [5.41, 5.74) is 7.62. The largest absolute Gasteiger partial charge is 0.399 e. The van der Waals surface area contributed by atoms with Gasteiger partial charge in [0.15, 0.2) is 0 Å². The number of aliphatic hydroxyl groups excluding tert-OH is 1. The highest BCUT2D eigenvalue weighted by molar-refractivity contribution is 6.00. The molecule has 19 heavy (non-hydrogen) atoms. The van der Waals surface area contributed by atoms with Crippen molar-refractivity contribution in [2.24, 2.45) is 5.92 Å². The van der Waals surface area contributed by atoms with Crippen LogP contribution in [-0.4, -0.2) is 30.2 Å². The second-order valence-corrected chi connectivity index (χ2v) is 4.76. The Bertz CT molecular complexity index is 435. The molecule has 2 atom stereocenters. The van der Waals surface area contributed by atoms with Gasteiger partial charge in [-0.1, -0.05) is 6.92 Å². The topological polar surface area (TPSA) is 87.4 Å². The molecule has 1 rings (SSSR count). The van der Waals surface area contributed by atoms with Crippen LogP contribution in [0, 0.1) is 5.92 Å². The molecule has 0 heterocycles. The van der Waals surface area contributed by atoms with Crippen LogP contribution in [0.2, 0.25) is 0 Å². The van der Waals surface area contributed by atoms with Crippen molar-refractivity contribution in [3.8, 4) is 0 Å². The summed E-state index contributed by atoms with van der Waals surface area (Å²) in [4.78, 5) is 12.0. The summed E-state index contributed by atoms with van der Waals surface area (Å²) in [6, 6.07) is 5.19. The number of hydrogen-bond donors (Lipinski definition) is 4. The van der Waals surface area contributed by atoms with E-state index in [2.05, 4.69) is 10.6 Å². The zero-order valence-electron chi connectivity index (χ0n) is 11.7. The highest BCUT2D eigenvalue weighted by Crippen LogP contribution is 2.21. The SMILES string of the molecule is CCNC(=O)c1ccc(N)cc1NC(C)C(C)CO. The zero-order valence-corrected chi connectivity index (χ0v) is 11.7. The fraction of sp³-hybridized carbons (Fsp3) is 0.500. The number of benzene rings is 1. The summed E-state index contributed by atoms with van der Waals surface area (Å²) in [5.74, 6) is -0.0441. The quantitative estimate of drug-likeness (QED) is 0.586. The third kappa shape index (κ3) is 4.13. The molecule has 1 aromatic carbocycles. The van der Waals surface area contributed by atoms with Crippen molar-refractivity contribution in [2.45, 2.75) is 26.8 Å². The second-order valence-electron chi connectivity index (χ2n) is 4.76. The Labute approximate surface area is 114 Å². The van der Waals surface area contributed by atoms with E-state index in [4.69, 9.17) is 10.8 Å². The fourth-order valence-electron chi connectivity index (χ4n) is 1.68. The van der Waals surface area contributed by atoms with Gasteiger partial charge in [0.2, 0.25) is 0 Å². The fourth-order valence-corrected chi connectivity index (χ4v) is 1.68. The van der Waals surface area contributed by atoms with E-state index in [0.29, 0.717) is 23.5 Å². The standard InChI is InChI=1S/C14H23N3O2/c1-4-16-14(19)12-6-5-11(15)7-13(12)17-10(3)9(2)8-18/h5-7,9-10,17-18H,4,8,15H2,1-3H3,(H,16,19). The van der Waals surface area contributed by atoms with Gasteiger partial charge in [-0.15, -0.1) is 0 Å². The summed E-state index contributed by atoms with van der Waals surface area (Å²) in [5, 5.41) is 15.2. The number of nitrogen functional groups attached to an aromatic ring is 1. The molecule has 0 radical (unpaired) electrons. The molecule has 0 aliphatic heterocycles. The maximum absolute atomic E-state index is 12.0. The molecule has 0 bridgehead atoms. The van der Waals surface area contributed by atoms with E-state index in [1.165, 1.54) is 0 Å². The van der Waals surface area contributed by atoms with Crippen LogP contribution >= 0.6 is 0 Å². The van der Waals surface area contributed by atoms with Crippen LogP contribution < -0.4 is 16.4 Å². The molecule has 0 aliphatic rings. The Morgan fingerprint density at radius 3 is 2.68 bits per heavy atom. The van der Waals surface area contributed by atoms with E-state index >= 15 is 0 Å². The Morgan fingerprint density at radius 1 is 1.42 bits per heavy atom. The minimum absolute atomic E-state index is 0.0416. The van der Waals surface area contributed by atoms with Crippen molar-refractivity contribution >= 4 is 17.3 Å². The van der Waals surface area contributed by atoms with Crippen LogP contribution in [0.15, 0.2) is 18.2 Å². The summed E-state index contributed by atoms with van der Waals surface area (Å²) in [7, 11) is 0. The highest BCUT2D eigenvalue weighted by Gasteiger charge is 2.16. The third-order valence-electron chi connectivity index (χ3n) is 3.15. The highest BCUT2D eigenvalue weighted by atomic mass is 16.3. The monoisotopic (exact) mass is 265 g/mol. The number of carbonyl (C=O) groups excluding carboxylic acids is 1. The molecule has 5 nitrogen and oxygen atoms in total. The summed E-state index contributed by atoms with van der Waals surface area (Å²) >= 11 is 0. The van der Waals surface area contributed by atoms with Crippen LogP contribution in [-0.2, 0) is 0 Å². The van der Waals surface area contributed by atoms with Crippen LogP contribution in [0.5, 0.6) is 0 Å². The van der Waals surface area contributed by atoms with Crippen molar-refractivity contribution in [2.75, 3.05) is 24.2 Å². The number of nitrogens with one attached hydrogen (secondary N) is 2. The lowest BCUT2D eigenvalue weighted by molar-refractivity contribution is 0.0956. The third-order valence-corrected chi connectivity index (χ3v) is 3.15. The van der Waals surface area contributed by atoms with Crippen molar-refractivity contribution in [3.05, 3.63) is 23.8 Å². The second kappa shape index (κ2) is 6.99. The number of nitrogens with two attached hydrogens (primary N) is 1. The lowest BCUT2D eigenvalue weighted by atomic mass is 10.0. The van der Waals surface area contributed by atoms with Crippen molar-refractivity contribution in [3.63, 3.8) is 0 Å². The molecular weight excluding hydrogens is 242 g/mol. The Kier molecular flexibility index (Phi) is 5.63. The van der Waals surface area contributed by atoms with E-state index in [0.717, 1.165) is 0 Å². The lowest BCUT2D eigenvalue weighted by Gasteiger charge is -2.22. The van der Waals surface area contributed by atoms with Crippen LogP contribution in [0.3, 0.4) is 0 Å². The number of aliphatic hydroxyl groups is 1. The van der Waals surface area contributed by atoms with E-state index in [9.17, 15) is 4.79 Å². The van der Waals surface area contributed by atoms with Gasteiger partial charge in [-0.3, -0.25) is 4.79 Å². The Balaban J connectivity index is 2.97. The molecule has 5 N–H and O–H groups in total. The smallest absolute Gasteiger partial charge is 0.253 e. The lowest BCUT2D eigenvalue weighted by Crippen LogP contribution is -2.29. The van der Waals surface area contributed by atoms with Gasteiger partial charge in [-0.25, -0.2) is 0 Å². The molecule has 0 saturated carbocycles. The molecule has 0 aromatic heterocycles. The molecule has 0 spiro atoms. The molecule has 1 amide bonds. The van der Waals surface area contributed by atoms with Gasteiger partial charge in [-0.05, 0) is 38.0 Å². The number of amides is 1. The summed E-state index contributed by atoms with van der Waals surface area (Å²) < 4.78 is 0. The number of rotatable bonds is 6. The maximum Gasteiger partial charge on any atom is 0.253 e. The first-order chi connectivity index (χ1) is 8.99. The average Bonchev–Trinajstić information content (AvgIpc) is 2.38. The van der Waals surface area contributed by atoms with Gasteiger partial charge >= 0.3 is 0 Å². The molecule has 0 aliphatic carbocycles. The molecular formula is C14H23N3O2. The minimum Gasteiger partial charge on any atom is -0.399 e. The van der Waals surface area contributed by atoms with Gasteiger partial charge in [-0.2, -0.15) is 0 Å². The first kappa shape index (κ1) is 15.3. The molecule has 106 valence electrons. The van der Waals surface area contributed by atoms with Gasteiger partial charge < -0.3 is 21.5 Å². The van der Waals surface area contributed by atoms with E-state index in [-0.39, 0.29) is 24.5 Å². The molecule has 0 fully saturated rings. The minimum atomic E-state index is -0.131. The van der Waals surface area contributed by atoms with Crippen LogP contribution in [0.25, 0.3) is 0 Å². The van der Waals surface area contributed by atoms with E-state index in [1.54, 1.807) is 18.2 Å². The molecule has 5 heteroatoms. The van der Waals surface area contributed by atoms with Crippen molar-refractivity contribution in [1.29, 1.82) is 0 Å². The summed E-state index contributed by atoms with van der Waals surface area (Å²) in [6.45, 7) is 6.44. The van der Waals surface area contributed by atoms with E-state index in [1.807, 2.05) is 20.8 Å². The first-order valence-electron chi connectivity index (χ1n) is 6.54. The number of hydrogen-bond acceptors (Lipinski definition) is 4. The predicted molar refractivity (Wildman–Crippen MR) is 78.2 cm³/mol. The maximum atomic E-state index is 12.0. The normalized spacial score (nSPS) is 13.7. The number of carbonyl (C=O) groups is 1. The van der Waals surface area contributed by atoms with Crippen LogP contribution in [0.1, 0.15) is 31.1 Å². The zero-order chi connectivity index (χ0) is 14.4. The van der Waals surface area contributed by atoms with Gasteiger partial charge in [0.25, 0.3) is 5.91 Å². The Hall–Kier alpha value is -1.75. The van der Waals surface area contributed by atoms with Gasteiger partial charge in [0, 0.05) is 30.6 Å². The molecule has 1 aromatic rings. The van der Waals surface area contributed by atoms with Gasteiger partial charge in [0.1, 0.15) is 0 Å². The van der Waals surface area contributed by atoms with E-state index < -0.39 is 0 Å². The van der Waals surface area contributed by atoms with Gasteiger partial charge in [0.05, 0.1) is 5.56 Å². The number of anilines is 2. The molecule has 0 saturated heterocycles. The molecule has 2 unspecified atom stereocenters. The first-order valence-corrected chi connectivity index (χ1v) is 6.54. The Morgan fingerprint density at radius 2 is 2.11 bits per heavy atom. The average molecular weight is 265 g/mol.